The maximum atomic E-state index is 13.6. The molecule has 0 spiro atoms. The molecule has 1 aliphatic heterocycles. The van der Waals surface area contributed by atoms with Gasteiger partial charge >= 0.3 is 5.69 Å². The van der Waals surface area contributed by atoms with E-state index in [1.165, 1.54) is 0 Å². The van der Waals surface area contributed by atoms with E-state index in [4.69, 9.17) is 4.74 Å². The molecule has 2 rings (SSSR count). The summed E-state index contributed by atoms with van der Waals surface area (Å²) in [5, 5.41) is 10.7. The van der Waals surface area contributed by atoms with Crippen molar-refractivity contribution in [3.8, 4) is 5.75 Å². The van der Waals surface area contributed by atoms with E-state index in [1.54, 1.807) is 6.92 Å². The summed E-state index contributed by atoms with van der Waals surface area (Å²) in [7, 11) is 0. The molecule has 1 aliphatic rings. The van der Waals surface area contributed by atoms with E-state index in [9.17, 15) is 14.5 Å². The zero-order valence-corrected chi connectivity index (χ0v) is 9.38. The van der Waals surface area contributed by atoms with Gasteiger partial charge in [-0.15, -0.1) is 0 Å². The summed E-state index contributed by atoms with van der Waals surface area (Å²) >= 11 is 2.95. The van der Waals surface area contributed by atoms with Crippen LogP contribution in [0.2, 0.25) is 0 Å². The molecule has 0 N–H and O–H groups in total. The summed E-state index contributed by atoms with van der Waals surface area (Å²) in [5.74, 6) is -0.409. The van der Waals surface area contributed by atoms with Crippen LogP contribution in [0.5, 0.6) is 5.75 Å². The highest BCUT2D eigenvalue weighted by molar-refractivity contribution is 9.10. The molecule has 0 aliphatic carbocycles. The standard InChI is InChI=1S/C9H7BrFNO3/c1-4-2-5-8(11)6(10)3-7(12(13)14)9(5)15-4/h3-4H,2H2,1H3. The first-order valence-electron chi connectivity index (χ1n) is 4.32. The van der Waals surface area contributed by atoms with Crippen molar-refractivity contribution in [3.05, 3.63) is 32.0 Å². The van der Waals surface area contributed by atoms with Crippen LogP contribution in [0, 0.1) is 15.9 Å². The van der Waals surface area contributed by atoms with Crippen LogP contribution < -0.4 is 4.74 Å². The highest BCUT2D eigenvalue weighted by Crippen LogP contribution is 2.42. The number of fused-ring (bicyclic) bond motifs is 1. The summed E-state index contributed by atoms with van der Waals surface area (Å²) in [5.41, 5.74) is 0.0891. The lowest BCUT2D eigenvalue weighted by molar-refractivity contribution is -0.385. The number of rotatable bonds is 1. The van der Waals surface area contributed by atoms with Crippen molar-refractivity contribution in [1.29, 1.82) is 0 Å². The van der Waals surface area contributed by atoms with E-state index in [0.717, 1.165) is 6.07 Å². The van der Waals surface area contributed by atoms with Crippen LogP contribution in [0.25, 0.3) is 0 Å². The van der Waals surface area contributed by atoms with Crippen molar-refractivity contribution in [1.82, 2.24) is 0 Å². The Bertz CT molecular complexity index is 449. The summed E-state index contributed by atoms with van der Waals surface area (Å²) < 4.78 is 18.9. The molecule has 1 atom stereocenters. The SMILES string of the molecule is CC1Cc2c(F)c(Br)cc([N+](=O)[O-])c2O1. The van der Waals surface area contributed by atoms with Crippen LogP contribution in [0.3, 0.4) is 0 Å². The number of hydrogen-bond donors (Lipinski definition) is 0. The van der Waals surface area contributed by atoms with Gasteiger partial charge in [0.25, 0.3) is 0 Å². The van der Waals surface area contributed by atoms with E-state index in [2.05, 4.69) is 15.9 Å². The quantitative estimate of drug-likeness (QED) is 0.585. The molecular formula is C9H7BrFNO3. The predicted molar refractivity (Wildman–Crippen MR) is 54.5 cm³/mol. The molecule has 0 saturated heterocycles. The minimum absolute atomic E-state index is 0.0631. The van der Waals surface area contributed by atoms with E-state index in [-0.39, 0.29) is 27.6 Å². The van der Waals surface area contributed by atoms with Crippen molar-refractivity contribution in [2.45, 2.75) is 19.4 Å². The fourth-order valence-electron chi connectivity index (χ4n) is 1.63. The monoisotopic (exact) mass is 275 g/mol. The van der Waals surface area contributed by atoms with Crippen LogP contribution in [0.4, 0.5) is 10.1 Å². The smallest absolute Gasteiger partial charge is 0.312 e. The second-order valence-electron chi connectivity index (χ2n) is 3.39. The largest absolute Gasteiger partial charge is 0.483 e. The summed E-state index contributed by atoms with van der Waals surface area (Å²) in [6.45, 7) is 1.75. The Balaban J connectivity index is 2.66. The van der Waals surface area contributed by atoms with Gasteiger partial charge in [-0.05, 0) is 22.9 Å². The Morgan fingerprint density at radius 2 is 2.40 bits per heavy atom. The molecule has 0 fully saturated rings. The zero-order valence-electron chi connectivity index (χ0n) is 7.79. The number of halogens is 2. The molecule has 0 aromatic heterocycles. The van der Waals surface area contributed by atoms with Gasteiger partial charge in [0.15, 0.2) is 0 Å². The first kappa shape index (κ1) is 10.4. The van der Waals surface area contributed by atoms with Crippen molar-refractivity contribution >= 4 is 21.6 Å². The normalized spacial score (nSPS) is 18.5. The van der Waals surface area contributed by atoms with Crippen molar-refractivity contribution in [2.75, 3.05) is 0 Å². The molecule has 0 saturated carbocycles. The van der Waals surface area contributed by atoms with Crippen LogP contribution in [0.15, 0.2) is 10.5 Å². The zero-order chi connectivity index (χ0) is 11.2. The molecule has 0 amide bonds. The van der Waals surface area contributed by atoms with Crippen molar-refractivity contribution in [2.24, 2.45) is 0 Å². The Labute approximate surface area is 93.3 Å². The summed E-state index contributed by atoms with van der Waals surface area (Å²) in [4.78, 5) is 10.1. The summed E-state index contributed by atoms with van der Waals surface area (Å²) in [6, 6.07) is 1.13. The predicted octanol–water partition coefficient (Wildman–Crippen LogP) is 2.82. The van der Waals surface area contributed by atoms with Crippen LogP contribution in [-0.2, 0) is 6.42 Å². The number of nitro groups is 1. The van der Waals surface area contributed by atoms with Gasteiger partial charge in [0, 0.05) is 18.1 Å². The van der Waals surface area contributed by atoms with Crippen LogP contribution >= 0.6 is 15.9 Å². The van der Waals surface area contributed by atoms with E-state index < -0.39 is 10.7 Å². The first-order chi connectivity index (χ1) is 7.00. The molecule has 80 valence electrons. The third kappa shape index (κ3) is 1.58. The number of hydrogen-bond acceptors (Lipinski definition) is 3. The fourth-order valence-corrected chi connectivity index (χ4v) is 2.08. The average Bonchev–Trinajstić information content (AvgIpc) is 2.53. The molecule has 6 heteroatoms. The molecule has 1 aromatic carbocycles. The molecule has 0 radical (unpaired) electrons. The third-order valence-corrected chi connectivity index (χ3v) is 2.83. The molecular weight excluding hydrogens is 269 g/mol. The molecule has 4 nitrogen and oxygen atoms in total. The Morgan fingerprint density at radius 1 is 1.73 bits per heavy atom. The molecule has 1 aromatic rings. The Hall–Kier alpha value is -1.17. The number of ether oxygens (including phenoxy) is 1. The van der Waals surface area contributed by atoms with Gasteiger partial charge in [-0.2, -0.15) is 0 Å². The average molecular weight is 276 g/mol. The maximum absolute atomic E-state index is 13.6. The lowest BCUT2D eigenvalue weighted by Crippen LogP contribution is -2.06. The van der Waals surface area contributed by atoms with E-state index >= 15 is 0 Å². The van der Waals surface area contributed by atoms with Gasteiger partial charge in [-0.3, -0.25) is 10.1 Å². The highest BCUT2D eigenvalue weighted by Gasteiger charge is 2.32. The molecule has 15 heavy (non-hydrogen) atoms. The van der Waals surface area contributed by atoms with Crippen LogP contribution in [-0.4, -0.2) is 11.0 Å². The van der Waals surface area contributed by atoms with Gasteiger partial charge in [0.1, 0.15) is 11.9 Å². The first-order valence-corrected chi connectivity index (χ1v) is 5.12. The number of nitro benzene ring substituents is 1. The van der Waals surface area contributed by atoms with Crippen molar-refractivity contribution < 1.29 is 14.1 Å². The summed E-state index contributed by atoms with van der Waals surface area (Å²) in [6.07, 6.45) is 0.143. The second-order valence-corrected chi connectivity index (χ2v) is 4.24. The number of nitrogens with zero attached hydrogens (tertiary/aromatic N) is 1. The van der Waals surface area contributed by atoms with Crippen LogP contribution in [0.1, 0.15) is 12.5 Å². The topological polar surface area (TPSA) is 52.4 Å². The lowest BCUT2D eigenvalue weighted by atomic mass is 10.1. The molecule has 1 unspecified atom stereocenters. The number of benzene rings is 1. The van der Waals surface area contributed by atoms with Gasteiger partial charge < -0.3 is 4.74 Å². The van der Waals surface area contributed by atoms with Gasteiger partial charge in [0.05, 0.1) is 9.40 Å². The molecule has 0 bridgehead atoms. The lowest BCUT2D eigenvalue weighted by Gasteiger charge is -2.04. The second kappa shape index (κ2) is 3.44. The maximum Gasteiger partial charge on any atom is 0.312 e. The Kier molecular flexibility index (Phi) is 2.38. The minimum Gasteiger partial charge on any atom is -0.483 e. The van der Waals surface area contributed by atoms with Gasteiger partial charge in [0.2, 0.25) is 5.75 Å². The molecule has 1 heterocycles. The Morgan fingerprint density at radius 3 is 3.00 bits per heavy atom. The highest BCUT2D eigenvalue weighted by atomic mass is 79.9. The van der Waals surface area contributed by atoms with Gasteiger partial charge in [-0.1, -0.05) is 0 Å². The fraction of sp³-hybridized carbons (Fsp3) is 0.333. The van der Waals surface area contributed by atoms with Crippen molar-refractivity contribution in [3.63, 3.8) is 0 Å². The van der Waals surface area contributed by atoms with E-state index in [0.29, 0.717) is 6.42 Å². The van der Waals surface area contributed by atoms with Gasteiger partial charge in [-0.25, -0.2) is 4.39 Å². The third-order valence-electron chi connectivity index (χ3n) is 2.25. The van der Waals surface area contributed by atoms with E-state index in [1.807, 2.05) is 0 Å². The minimum atomic E-state index is -0.568.